The maximum atomic E-state index is 9.56. The summed E-state index contributed by atoms with van der Waals surface area (Å²) >= 11 is 0. The zero-order valence-electron chi connectivity index (χ0n) is 9.27. The fraction of sp³-hybridized carbons (Fsp3) is 0.400. The van der Waals surface area contributed by atoms with Gasteiger partial charge in [-0.15, -0.1) is 0 Å². The molecule has 0 amide bonds. The number of para-hydroxylation sites is 1. The van der Waals surface area contributed by atoms with Gasteiger partial charge in [-0.25, -0.2) is 0 Å². The van der Waals surface area contributed by atoms with Crippen LogP contribution < -0.4 is 4.52 Å². The molecule has 1 rings (SSSR count). The molecule has 0 radical (unpaired) electrons. The second kappa shape index (κ2) is 6.77. The average molecular weight is 217 g/mol. The SMILES string of the molecule is [2H][PH](O)(OCCCC)Oc1ccccc1. The van der Waals surface area contributed by atoms with Gasteiger partial charge in [0.05, 0.1) is 0 Å². The fourth-order valence-electron chi connectivity index (χ4n) is 0.923. The summed E-state index contributed by atoms with van der Waals surface area (Å²) in [7, 11) is -3.73. The number of benzene rings is 1. The second-order valence-corrected chi connectivity index (χ2v) is 3.91. The summed E-state index contributed by atoms with van der Waals surface area (Å²) in [4.78, 5) is 9.56. The Kier molecular flexibility index (Phi) is 4.79. The molecular weight excluding hydrogens is 199 g/mol. The van der Waals surface area contributed by atoms with Crippen LogP contribution >= 0.6 is 8.55 Å². The normalized spacial score (nSPS) is 13.4. The van der Waals surface area contributed by atoms with E-state index in [1.807, 2.05) is 13.0 Å². The third kappa shape index (κ3) is 4.56. The van der Waals surface area contributed by atoms with Crippen LogP contribution in [0.5, 0.6) is 5.75 Å². The summed E-state index contributed by atoms with van der Waals surface area (Å²) in [5.41, 5.74) is 0. The van der Waals surface area contributed by atoms with Gasteiger partial charge in [0, 0.05) is 0 Å². The van der Waals surface area contributed by atoms with Crippen molar-refractivity contribution in [1.29, 1.82) is 1.28 Å². The molecule has 0 aromatic heterocycles. The number of hydrogen-bond acceptors (Lipinski definition) is 3. The van der Waals surface area contributed by atoms with Crippen molar-refractivity contribution < 1.29 is 13.9 Å². The topological polar surface area (TPSA) is 38.7 Å². The van der Waals surface area contributed by atoms with Crippen LogP contribution in [0.1, 0.15) is 19.8 Å². The maximum absolute atomic E-state index is 9.56. The Balaban J connectivity index is 2.42. The zero-order valence-corrected chi connectivity index (χ0v) is 9.27. The van der Waals surface area contributed by atoms with E-state index in [1.54, 1.807) is 24.3 Å². The molecule has 3 nitrogen and oxygen atoms in total. The number of rotatable bonds is 6. The molecule has 1 N–H and O–H groups in total. The molecule has 0 saturated carbocycles. The van der Waals surface area contributed by atoms with Crippen molar-refractivity contribution in [3.63, 3.8) is 0 Å². The molecule has 4 heteroatoms. The number of hydrogen-bond donors (Lipinski definition) is 1. The molecule has 0 aliphatic rings. The molecule has 1 aromatic rings. The van der Waals surface area contributed by atoms with Gasteiger partial charge in [-0.2, -0.15) is 0 Å². The molecule has 0 heterocycles. The molecule has 0 bridgehead atoms. The van der Waals surface area contributed by atoms with Crippen molar-refractivity contribution in [1.82, 2.24) is 0 Å². The van der Waals surface area contributed by atoms with Crippen molar-refractivity contribution in [2.24, 2.45) is 0 Å². The molecule has 0 unspecified atom stereocenters. The Morgan fingerprint density at radius 2 is 2.14 bits per heavy atom. The molecule has 0 aliphatic carbocycles. The molecule has 1 aromatic carbocycles. The van der Waals surface area contributed by atoms with Gasteiger partial charge in [0.1, 0.15) is 0 Å². The van der Waals surface area contributed by atoms with E-state index in [-0.39, 0.29) is 0 Å². The summed E-state index contributed by atoms with van der Waals surface area (Å²) in [5, 5.41) is 0. The van der Waals surface area contributed by atoms with Gasteiger partial charge >= 0.3 is 86.2 Å². The van der Waals surface area contributed by atoms with E-state index in [4.69, 9.17) is 10.3 Å². The first-order valence-corrected chi connectivity index (χ1v) is 6.01. The van der Waals surface area contributed by atoms with Gasteiger partial charge in [-0.05, 0) is 0 Å². The monoisotopic (exact) mass is 217 g/mol. The summed E-state index contributed by atoms with van der Waals surface area (Å²) in [6, 6.07) is 8.79. The van der Waals surface area contributed by atoms with Crippen LogP contribution in [0.3, 0.4) is 0 Å². The van der Waals surface area contributed by atoms with Gasteiger partial charge in [-0.3, -0.25) is 0 Å². The van der Waals surface area contributed by atoms with Crippen molar-refractivity contribution in [3.8, 4) is 5.75 Å². The Bertz CT molecular complexity index is 279. The van der Waals surface area contributed by atoms with Crippen molar-refractivity contribution in [2.75, 3.05) is 6.61 Å². The van der Waals surface area contributed by atoms with E-state index in [9.17, 15) is 4.89 Å². The Morgan fingerprint density at radius 1 is 1.43 bits per heavy atom. The van der Waals surface area contributed by atoms with Gasteiger partial charge in [-0.1, -0.05) is 0 Å². The second-order valence-electron chi connectivity index (χ2n) is 2.88. The summed E-state index contributed by atoms with van der Waals surface area (Å²) in [6.45, 7) is 2.39. The van der Waals surface area contributed by atoms with Gasteiger partial charge in [0.25, 0.3) is 0 Å². The fourth-order valence-corrected chi connectivity index (χ4v) is 1.64. The first-order valence-electron chi connectivity index (χ1n) is 5.24. The predicted octanol–water partition coefficient (Wildman–Crippen LogP) is 2.57. The van der Waals surface area contributed by atoms with E-state index in [1.165, 1.54) is 0 Å². The van der Waals surface area contributed by atoms with Crippen LogP contribution in [0.15, 0.2) is 30.3 Å². The third-order valence-corrected chi connectivity index (χ3v) is 2.53. The molecular formula is C10H17O3P. The van der Waals surface area contributed by atoms with Gasteiger partial charge in [0.2, 0.25) is 0 Å². The van der Waals surface area contributed by atoms with E-state index in [0.717, 1.165) is 12.8 Å². The molecule has 14 heavy (non-hydrogen) atoms. The van der Waals surface area contributed by atoms with E-state index < -0.39 is 8.55 Å². The molecule has 0 saturated heterocycles. The van der Waals surface area contributed by atoms with Crippen LogP contribution in [-0.4, -0.2) is 12.8 Å². The standard InChI is InChI=1S/C10H17O3P/c1-2-3-9-12-14(11)13-10-7-5-4-6-8-10/h4-8,11H,2-3,9,14H2,1H3/i14D. The van der Waals surface area contributed by atoms with Crippen LogP contribution in [0.2, 0.25) is 0 Å². The molecule has 80 valence electrons. The van der Waals surface area contributed by atoms with E-state index in [2.05, 4.69) is 0 Å². The minimum absolute atomic E-state index is 0.371. The van der Waals surface area contributed by atoms with Crippen molar-refractivity contribution in [3.05, 3.63) is 30.3 Å². The van der Waals surface area contributed by atoms with Crippen LogP contribution in [0.25, 0.3) is 0 Å². The first kappa shape index (κ1) is 9.91. The first-order chi connectivity index (χ1) is 7.14. The van der Waals surface area contributed by atoms with Crippen molar-refractivity contribution >= 4 is 8.55 Å². The molecule has 0 spiro atoms. The summed E-state index contributed by atoms with van der Waals surface area (Å²) < 4.78 is 17.6. The van der Waals surface area contributed by atoms with E-state index in [0.29, 0.717) is 12.4 Å². The Morgan fingerprint density at radius 3 is 2.79 bits per heavy atom. The third-order valence-electron chi connectivity index (χ3n) is 1.67. The van der Waals surface area contributed by atoms with Gasteiger partial charge < -0.3 is 0 Å². The Hall–Kier alpha value is -0.630. The molecule has 0 atom stereocenters. The Labute approximate surface area is 87.0 Å². The minimum atomic E-state index is -3.73. The molecule has 0 aliphatic heterocycles. The zero-order chi connectivity index (χ0) is 11.1. The predicted molar refractivity (Wildman–Crippen MR) is 59.9 cm³/mol. The number of unbranched alkanes of at least 4 members (excludes halogenated alkanes) is 1. The summed E-state index contributed by atoms with van der Waals surface area (Å²) in [5.74, 6) is 0.471. The molecule has 0 fully saturated rings. The van der Waals surface area contributed by atoms with Crippen LogP contribution in [-0.2, 0) is 4.52 Å². The van der Waals surface area contributed by atoms with Gasteiger partial charge in [0.15, 0.2) is 0 Å². The summed E-state index contributed by atoms with van der Waals surface area (Å²) in [6.07, 6.45) is 1.79. The van der Waals surface area contributed by atoms with E-state index >= 15 is 0 Å². The average Bonchev–Trinajstić information content (AvgIpc) is 2.18. The quantitative estimate of drug-likeness (QED) is 0.588. The van der Waals surface area contributed by atoms with Crippen molar-refractivity contribution in [2.45, 2.75) is 19.8 Å². The van der Waals surface area contributed by atoms with Crippen LogP contribution in [0, 0.1) is 0 Å². The van der Waals surface area contributed by atoms with Crippen LogP contribution in [0.4, 0.5) is 0 Å².